The molecule has 0 saturated carbocycles. The second kappa shape index (κ2) is 7.21. The Bertz CT molecular complexity index is 419. The van der Waals surface area contributed by atoms with Gasteiger partial charge >= 0.3 is 6.61 Å². The maximum atomic E-state index is 12.2. The standard InChI is InChI=1S/C13H15ClF2O2/c1-3-17-12-7-10(6-9(2)8-14)4-5-11(12)18-13(15)16/h4-7,13H,3,8H2,1-2H3. The van der Waals surface area contributed by atoms with E-state index in [0.717, 1.165) is 11.1 Å². The fourth-order valence-corrected chi connectivity index (χ4v) is 1.48. The first-order chi connectivity index (χ1) is 8.56. The predicted molar refractivity (Wildman–Crippen MR) is 68.6 cm³/mol. The highest BCUT2D eigenvalue weighted by atomic mass is 35.5. The minimum absolute atomic E-state index is 0.0347. The molecule has 0 spiro atoms. The van der Waals surface area contributed by atoms with Crippen LogP contribution in [0.2, 0.25) is 0 Å². The van der Waals surface area contributed by atoms with Crippen LogP contribution in [0.4, 0.5) is 8.78 Å². The lowest BCUT2D eigenvalue weighted by Crippen LogP contribution is -2.04. The highest BCUT2D eigenvalue weighted by Crippen LogP contribution is 2.30. The van der Waals surface area contributed by atoms with Crippen molar-refractivity contribution in [3.8, 4) is 11.5 Å². The molecule has 1 rings (SSSR count). The van der Waals surface area contributed by atoms with E-state index in [1.807, 2.05) is 13.0 Å². The summed E-state index contributed by atoms with van der Waals surface area (Å²) in [5.74, 6) is 0.751. The fourth-order valence-electron chi connectivity index (χ4n) is 1.40. The van der Waals surface area contributed by atoms with Crippen molar-refractivity contribution in [2.24, 2.45) is 0 Å². The molecule has 0 fully saturated rings. The van der Waals surface area contributed by atoms with E-state index in [9.17, 15) is 8.78 Å². The molecule has 0 aromatic heterocycles. The van der Waals surface area contributed by atoms with Gasteiger partial charge in [0.2, 0.25) is 0 Å². The van der Waals surface area contributed by atoms with Gasteiger partial charge in [-0.2, -0.15) is 8.78 Å². The van der Waals surface area contributed by atoms with Crippen molar-refractivity contribution in [1.29, 1.82) is 0 Å². The number of hydrogen-bond donors (Lipinski definition) is 0. The topological polar surface area (TPSA) is 18.5 Å². The molecular formula is C13H15ClF2O2. The van der Waals surface area contributed by atoms with Crippen molar-refractivity contribution >= 4 is 17.7 Å². The van der Waals surface area contributed by atoms with Crippen molar-refractivity contribution in [1.82, 2.24) is 0 Å². The van der Waals surface area contributed by atoms with Gasteiger partial charge in [-0.3, -0.25) is 0 Å². The molecule has 1 aromatic carbocycles. The van der Waals surface area contributed by atoms with Crippen LogP contribution in [-0.4, -0.2) is 19.1 Å². The zero-order valence-electron chi connectivity index (χ0n) is 10.3. The molecule has 18 heavy (non-hydrogen) atoms. The molecule has 5 heteroatoms. The van der Waals surface area contributed by atoms with Gasteiger partial charge in [0.25, 0.3) is 0 Å². The van der Waals surface area contributed by atoms with Gasteiger partial charge in [-0.25, -0.2) is 0 Å². The smallest absolute Gasteiger partial charge is 0.387 e. The number of hydrogen-bond acceptors (Lipinski definition) is 2. The van der Waals surface area contributed by atoms with Gasteiger partial charge in [-0.15, -0.1) is 11.6 Å². The van der Waals surface area contributed by atoms with E-state index >= 15 is 0 Å². The van der Waals surface area contributed by atoms with Crippen LogP contribution in [0.5, 0.6) is 11.5 Å². The van der Waals surface area contributed by atoms with Gasteiger partial charge in [0, 0.05) is 5.88 Å². The van der Waals surface area contributed by atoms with E-state index in [1.54, 1.807) is 19.1 Å². The Kier molecular flexibility index (Phi) is 5.92. The maximum absolute atomic E-state index is 12.2. The summed E-state index contributed by atoms with van der Waals surface area (Å²) < 4.78 is 34.1. The van der Waals surface area contributed by atoms with E-state index in [4.69, 9.17) is 16.3 Å². The molecule has 0 unspecified atom stereocenters. The highest BCUT2D eigenvalue weighted by molar-refractivity contribution is 6.19. The monoisotopic (exact) mass is 276 g/mol. The molecule has 0 heterocycles. The van der Waals surface area contributed by atoms with Crippen LogP contribution in [0, 0.1) is 0 Å². The Hall–Kier alpha value is -1.29. The summed E-state index contributed by atoms with van der Waals surface area (Å²) in [5.41, 5.74) is 1.81. The van der Waals surface area contributed by atoms with Crippen molar-refractivity contribution in [3.63, 3.8) is 0 Å². The van der Waals surface area contributed by atoms with Crippen LogP contribution in [0.15, 0.2) is 23.8 Å². The Labute approximate surface area is 110 Å². The van der Waals surface area contributed by atoms with Crippen LogP contribution in [-0.2, 0) is 0 Å². The van der Waals surface area contributed by atoms with Crippen LogP contribution >= 0.6 is 11.6 Å². The van der Waals surface area contributed by atoms with Crippen LogP contribution < -0.4 is 9.47 Å². The number of alkyl halides is 3. The molecule has 2 nitrogen and oxygen atoms in total. The molecule has 0 aliphatic carbocycles. The molecule has 0 N–H and O–H groups in total. The molecular weight excluding hydrogens is 262 g/mol. The lowest BCUT2D eigenvalue weighted by Gasteiger charge is -2.11. The van der Waals surface area contributed by atoms with Gasteiger partial charge in [0.1, 0.15) is 0 Å². The third kappa shape index (κ3) is 4.53. The number of ether oxygens (including phenoxy) is 2. The van der Waals surface area contributed by atoms with Crippen LogP contribution in [0.1, 0.15) is 19.4 Å². The molecule has 0 aliphatic heterocycles. The zero-order chi connectivity index (χ0) is 13.5. The second-order valence-corrected chi connectivity index (χ2v) is 3.91. The van der Waals surface area contributed by atoms with Crippen LogP contribution in [0.3, 0.4) is 0 Å². The first-order valence-electron chi connectivity index (χ1n) is 5.51. The van der Waals surface area contributed by atoms with E-state index < -0.39 is 6.61 Å². The molecule has 0 bridgehead atoms. The summed E-state index contributed by atoms with van der Waals surface area (Å²) in [4.78, 5) is 0. The Morgan fingerprint density at radius 3 is 2.67 bits per heavy atom. The van der Waals surface area contributed by atoms with Gasteiger partial charge < -0.3 is 9.47 Å². The summed E-state index contributed by atoms with van der Waals surface area (Å²) in [6.45, 7) is 1.17. The Morgan fingerprint density at radius 2 is 2.11 bits per heavy atom. The highest BCUT2D eigenvalue weighted by Gasteiger charge is 2.10. The molecule has 0 aliphatic rings. The van der Waals surface area contributed by atoms with Crippen molar-refractivity contribution in [3.05, 3.63) is 29.3 Å². The third-order valence-corrected chi connectivity index (χ3v) is 2.53. The van der Waals surface area contributed by atoms with Gasteiger partial charge in [0.05, 0.1) is 6.61 Å². The molecule has 0 atom stereocenters. The number of halogens is 3. The molecule has 0 radical (unpaired) electrons. The van der Waals surface area contributed by atoms with Crippen LogP contribution in [0.25, 0.3) is 6.08 Å². The largest absolute Gasteiger partial charge is 0.490 e. The van der Waals surface area contributed by atoms with Crippen molar-refractivity contribution in [2.45, 2.75) is 20.5 Å². The van der Waals surface area contributed by atoms with Gasteiger partial charge in [-0.1, -0.05) is 17.7 Å². The lowest BCUT2D eigenvalue weighted by atomic mass is 10.1. The predicted octanol–water partition coefficient (Wildman–Crippen LogP) is 4.33. The third-order valence-electron chi connectivity index (χ3n) is 2.11. The summed E-state index contributed by atoms with van der Waals surface area (Å²) >= 11 is 5.68. The van der Waals surface area contributed by atoms with Crippen molar-refractivity contribution < 1.29 is 18.3 Å². The zero-order valence-corrected chi connectivity index (χ0v) is 11.0. The number of rotatable bonds is 6. The summed E-state index contributed by atoms with van der Waals surface area (Å²) in [6.07, 6.45) is 1.86. The summed E-state index contributed by atoms with van der Waals surface area (Å²) in [7, 11) is 0. The number of benzene rings is 1. The van der Waals surface area contributed by atoms with E-state index in [-0.39, 0.29) is 5.75 Å². The molecule has 1 aromatic rings. The first-order valence-corrected chi connectivity index (χ1v) is 6.05. The maximum Gasteiger partial charge on any atom is 0.387 e. The SMILES string of the molecule is CCOc1cc(C=C(C)CCl)ccc1OC(F)F. The van der Waals surface area contributed by atoms with E-state index in [2.05, 4.69) is 4.74 Å². The Balaban J connectivity index is 3.02. The Morgan fingerprint density at radius 1 is 1.39 bits per heavy atom. The first kappa shape index (κ1) is 14.8. The van der Waals surface area contributed by atoms with Crippen molar-refractivity contribution in [2.75, 3.05) is 12.5 Å². The van der Waals surface area contributed by atoms with E-state index in [0.29, 0.717) is 18.2 Å². The normalized spacial score (nSPS) is 11.8. The lowest BCUT2D eigenvalue weighted by molar-refractivity contribution is -0.0514. The van der Waals surface area contributed by atoms with Gasteiger partial charge in [0.15, 0.2) is 11.5 Å². The summed E-state index contributed by atoms with van der Waals surface area (Å²) in [5, 5.41) is 0. The minimum atomic E-state index is -2.87. The quantitative estimate of drug-likeness (QED) is 0.720. The number of allylic oxidation sites excluding steroid dienone is 1. The fraction of sp³-hybridized carbons (Fsp3) is 0.385. The molecule has 0 amide bonds. The van der Waals surface area contributed by atoms with E-state index in [1.165, 1.54) is 6.07 Å². The second-order valence-electron chi connectivity index (χ2n) is 3.64. The molecule has 100 valence electrons. The van der Waals surface area contributed by atoms with Gasteiger partial charge in [-0.05, 0) is 31.5 Å². The minimum Gasteiger partial charge on any atom is -0.490 e. The molecule has 0 saturated heterocycles. The average molecular weight is 277 g/mol. The summed E-state index contributed by atoms with van der Waals surface area (Å²) in [6, 6.07) is 4.79. The average Bonchev–Trinajstić information content (AvgIpc) is 2.32.